The van der Waals surface area contributed by atoms with Crippen LogP contribution in [0.4, 0.5) is 5.69 Å². The molecule has 11 heavy (non-hydrogen) atoms. The molecule has 1 rings (SSSR count). The van der Waals surface area contributed by atoms with E-state index in [9.17, 15) is 0 Å². The van der Waals surface area contributed by atoms with E-state index in [-0.39, 0.29) is 0 Å². The second kappa shape index (κ2) is 3.10. The Morgan fingerprint density at radius 1 is 1.64 bits per heavy atom. The van der Waals surface area contributed by atoms with Crippen LogP contribution in [0.15, 0.2) is 29.9 Å². The van der Waals surface area contributed by atoms with Gasteiger partial charge in [-0.25, -0.2) is 0 Å². The van der Waals surface area contributed by atoms with Crippen molar-refractivity contribution < 1.29 is 0 Å². The van der Waals surface area contributed by atoms with Gasteiger partial charge in [0.15, 0.2) is 0 Å². The highest BCUT2D eigenvalue weighted by molar-refractivity contribution is 5.69. The molecule has 0 unspecified atom stereocenters. The number of allylic oxidation sites excluding steroid dienone is 1. The van der Waals surface area contributed by atoms with Gasteiger partial charge in [-0.15, -0.1) is 0 Å². The van der Waals surface area contributed by atoms with Crippen molar-refractivity contribution in [3.63, 3.8) is 0 Å². The van der Waals surface area contributed by atoms with Gasteiger partial charge < -0.3 is 0 Å². The molecule has 2 nitrogen and oxygen atoms in total. The molecule has 1 aromatic rings. The summed E-state index contributed by atoms with van der Waals surface area (Å²) in [6, 6.07) is 3.69. The lowest BCUT2D eigenvalue weighted by atomic mass is 10.2. The normalized spacial score (nSPS) is 9.18. The Morgan fingerprint density at radius 3 is 2.82 bits per heavy atom. The third-order valence-electron chi connectivity index (χ3n) is 1.36. The predicted octanol–water partition coefficient (Wildman–Crippen LogP) is 2.45. The predicted molar refractivity (Wildman–Crippen MR) is 48.2 cm³/mol. The third-order valence-corrected chi connectivity index (χ3v) is 1.36. The zero-order chi connectivity index (χ0) is 8.27. The Bertz CT molecular complexity index is 289. The monoisotopic (exact) mass is 146 g/mol. The van der Waals surface area contributed by atoms with Crippen LogP contribution in [-0.4, -0.2) is 11.7 Å². The van der Waals surface area contributed by atoms with E-state index in [0.717, 1.165) is 17.0 Å². The molecule has 0 N–H and O–H groups in total. The Labute approximate surface area is 66.3 Å². The van der Waals surface area contributed by atoms with E-state index in [4.69, 9.17) is 0 Å². The molecular formula is C9H10N2. The first-order chi connectivity index (χ1) is 5.25. The molecule has 0 saturated carbocycles. The molecule has 0 atom stereocenters. The number of aliphatic imine (C=N–C) groups is 1. The van der Waals surface area contributed by atoms with Crippen LogP contribution in [0.1, 0.15) is 12.6 Å². The Kier molecular flexibility index (Phi) is 2.16. The zero-order valence-corrected chi connectivity index (χ0v) is 6.54. The number of nitrogens with zero attached hydrogens (tertiary/aromatic N) is 2. The molecule has 0 saturated heterocycles. The van der Waals surface area contributed by atoms with E-state index in [2.05, 4.69) is 23.3 Å². The standard InChI is InChI=1S/C9H10N2/c1-7(2)9-8(10-3)5-4-6-11-9/h4-6H,1,3H2,2H3. The number of pyridine rings is 1. The lowest BCUT2D eigenvalue weighted by molar-refractivity contribution is 1.25. The van der Waals surface area contributed by atoms with Gasteiger partial charge in [-0.3, -0.25) is 9.98 Å². The Hall–Kier alpha value is -1.44. The second-order valence-electron chi connectivity index (χ2n) is 2.31. The molecule has 0 fully saturated rings. The highest BCUT2D eigenvalue weighted by Gasteiger charge is 1.99. The topological polar surface area (TPSA) is 25.2 Å². The third kappa shape index (κ3) is 1.52. The molecule has 0 radical (unpaired) electrons. The molecule has 1 aromatic heterocycles. The summed E-state index contributed by atoms with van der Waals surface area (Å²) in [5, 5.41) is 0. The van der Waals surface area contributed by atoms with Crippen LogP contribution in [-0.2, 0) is 0 Å². The van der Waals surface area contributed by atoms with Crippen molar-refractivity contribution in [3.8, 4) is 0 Å². The number of aromatic nitrogens is 1. The molecule has 2 heteroatoms. The van der Waals surface area contributed by atoms with Gasteiger partial charge in [0, 0.05) is 6.20 Å². The van der Waals surface area contributed by atoms with Gasteiger partial charge in [-0.1, -0.05) is 6.58 Å². The van der Waals surface area contributed by atoms with Crippen LogP contribution in [0.3, 0.4) is 0 Å². The van der Waals surface area contributed by atoms with E-state index < -0.39 is 0 Å². The average molecular weight is 146 g/mol. The molecule has 1 heterocycles. The zero-order valence-electron chi connectivity index (χ0n) is 6.54. The van der Waals surface area contributed by atoms with Crippen molar-refractivity contribution >= 4 is 18.0 Å². The van der Waals surface area contributed by atoms with E-state index >= 15 is 0 Å². The fraction of sp³-hybridized carbons (Fsp3) is 0.111. The fourth-order valence-electron chi connectivity index (χ4n) is 0.853. The number of hydrogen-bond donors (Lipinski definition) is 0. The van der Waals surface area contributed by atoms with Crippen molar-refractivity contribution in [2.24, 2.45) is 4.99 Å². The summed E-state index contributed by atoms with van der Waals surface area (Å²) < 4.78 is 0. The largest absolute Gasteiger partial charge is 0.262 e. The average Bonchev–Trinajstić information content (AvgIpc) is 2.04. The van der Waals surface area contributed by atoms with Gasteiger partial charge >= 0.3 is 0 Å². The van der Waals surface area contributed by atoms with Crippen molar-refractivity contribution in [2.75, 3.05) is 0 Å². The van der Waals surface area contributed by atoms with Crippen LogP contribution in [0, 0.1) is 0 Å². The van der Waals surface area contributed by atoms with Gasteiger partial charge in [-0.2, -0.15) is 0 Å². The van der Waals surface area contributed by atoms with E-state index in [1.165, 1.54) is 0 Å². The minimum atomic E-state index is 0.792. The minimum Gasteiger partial charge on any atom is -0.262 e. The summed E-state index contributed by atoms with van der Waals surface area (Å²) in [6.45, 7) is 9.13. The smallest absolute Gasteiger partial charge is 0.0909 e. The van der Waals surface area contributed by atoms with Crippen LogP contribution in [0.5, 0.6) is 0 Å². The fourth-order valence-corrected chi connectivity index (χ4v) is 0.853. The SMILES string of the molecule is C=Nc1cccnc1C(=C)C. The Morgan fingerprint density at radius 2 is 2.36 bits per heavy atom. The quantitative estimate of drug-likeness (QED) is 0.588. The van der Waals surface area contributed by atoms with Gasteiger partial charge in [0.2, 0.25) is 0 Å². The van der Waals surface area contributed by atoms with Gasteiger partial charge in [0.05, 0.1) is 11.4 Å². The van der Waals surface area contributed by atoms with Gasteiger partial charge in [-0.05, 0) is 31.3 Å². The van der Waals surface area contributed by atoms with Crippen LogP contribution >= 0.6 is 0 Å². The highest BCUT2D eigenvalue weighted by Crippen LogP contribution is 2.20. The number of hydrogen-bond acceptors (Lipinski definition) is 2. The summed E-state index contributed by atoms with van der Waals surface area (Å²) in [5.74, 6) is 0. The maximum Gasteiger partial charge on any atom is 0.0909 e. The molecule has 0 aliphatic rings. The lowest BCUT2D eigenvalue weighted by Crippen LogP contribution is -1.83. The minimum absolute atomic E-state index is 0.792. The molecule has 0 aliphatic carbocycles. The first-order valence-corrected chi connectivity index (χ1v) is 3.33. The van der Waals surface area contributed by atoms with E-state index in [1.807, 2.05) is 19.1 Å². The van der Waals surface area contributed by atoms with Crippen molar-refractivity contribution in [1.29, 1.82) is 0 Å². The molecule has 0 aliphatic heterocycles. The van der Waals surface area contributed by atoms with Gasteiger partial charge in [0.25, 0.3) is 0 Å². The molecule has 56 valence electrons. The first-order valence-electron chi connectivity index (χ1n) is 3.33. The summed E-state index contributed by atoms with van der Waals surface area (Å²) >= 11 is 0. The highest BCUT2D eigenvalue weighted by atomic mass is 14.8. The summed E-state index contributed by atoms with van der Waals surface area (Å²) in [6.07, 6.45) is 1.72. The molecule has 0 aromatic carbocycles. The Balaban J connectivity index is 3.22. The van der Waals surface area contributed by atoms with Gasteiger partial charge in [0.1, 0.15) is 0 Å². The van der Waals surface area contributed by atoms with Crippen LogP contribution < -0.4 is 0 Å². The summed E-state index contributed by atoms with van der Waals surface area (Å²) in [7, 11) is 0. The lowest BCUT2D eigenvalue weighted by Gasteiger charge is -2.00. The molecule has 0 amide bonds. The number of rotatable bonds is 2. The molecular weight excluding hydrogens is 136 g/mol. The second-order valence-corrected chi connectivity index (χ2v) is 2.31. The van der Waals surface area contributed by atoms with Crippen LogP contribution in [0.2, 0.25) is 0 Å². The van der Waals surface area contributed by atoms with E-state index in [1.54, 1.807) is 6.20 Å². The van der Waals surface area contributed by atoms with Crippen LogP contribution in [0.25, 0.3) is 5.57 Å². The first kappa shape index (κ1) is 7.66. The van der Waals surface area contributed by atoms with Crippen molar-refractivity contribution in [1.82, 2.24) is 4.98 Å². The van der Waals surface area contributed by atoms with Crippen molar-refractivity contribution in [2.45, 2.75) is 6.92 Å². The maximum atomic E-state index is 4.12. The van der Waals surface area contributed by atoms with Crippen molar-refractivity contribution in [3.05, 3.63) is 30.6 Å². The summed E-state index contributed by atoms with van der Waals surface area (Å²) in [4.78, 5) is 7.93. The summed E-state index contributed by atoms with van der Waals surface area (Å²) in [5.41, 5.74) is 2.52. The van der Waals surface area contributed by atoms with E-state index in [0.29, 0.717) is 0 Å². The molecule has 0 bridgehead atoms. The maximum absolute atomic E-state index is 4.12. The molecule has 0 spiro atoms.